The minimum atomic E-state index is -4.25. The van der Waals surface area contributed by atoms with E-state index in [1.54, 1.807) is 17.5 Å². The average molecular weight is 373 g/mol. The van der Waals surface area contributed by atoms with E-state index >= 15 is 0 Å². The van der Waals surface area contributed by atoms with E-state index in [-0.39, 0.29) is 24.8 Å². The molecule has 1 aliphatic rings. The Bertz CT molecular complexity index is 597. The Morgan fingerprint density at radius 3 is 2.36 bits per heavy atom. The second-order valence-electron chi connectivity index (χ2n) is 4.92. The van der Waals surface area contributed by atoms with Gasteiger partial charge in [0.15, 0.2) is 0 Å². The first-order valence-corrected chi connectivity index (χ1v) is 7.43. The highest BCUT2D eigenvalue weighted by Crippen LogP contribution is 2.42. The van der Waals surface area contributed by atoms with Crippen molar-refractivity contribution < 1.29 is 13.2 Å². The molecule has 0 radical (unpaired) electrons. The molecule has 8 heteroatoms. The molecule has 3 rings (SSSR count). The van der Waals surface area contributed by atoms with Crippen molar-refractivity contribution >= 4 is 46.2 Å². The number of thiophene rings is 1. The van der Waals surface area contributed by atoms with Gasteiger partial charge < -0.3 is 5.32 Å². The van der Waals surface area contributed by atoms with Gasteiger partial charge in [-0.2, -0.15) is 13.2 Å². The second kappa shape index (κ2) is 7.84. The zero-order valence-corrected chi connectivity index (χ0v) is 14.0. The molecule has 1 atom stereocenters. The molecule has 0 aliphatic carbocycles. The lowest BCUT2D eigenvalue weighted by atomic mass is 10.0. The summed E-state index contributed by atoms with van der Waals surface area (Å²) < 4.78 is 41.5. The van der Waals surface area contributed by atoms with Crippen LogP contribution in [0.2, 0.25) is 0 Å². The predicted octanol–water partition coefficient (Wildman–Crippen LogP) is 4.25. The van der Waals surface area contributed by atoms with Gasteiger partial charge in [-0.15, -0.1) is 36.2 Å². The Kier molecular flexibility index (Phi) is 6.95. The minimum Gasteiger partial charge on any atom is -0.314 e. The lowest BCUT2D eigenvalue weighted by Crippen LogP contribution is -2.48. The van der Waals surface area contributed by atoms with E-state index in [9.17, 15) is 13.2 Å². The lowest BCUT2D eigenvalue weighted by molar-refractivity contribution is -0.187. The van der Waals surface area contributed by atoms with E-state index in [0.717, 1.165) is 10.1 Å². The van der Waals surface area contributed by atoms with Crippen LogP contribution in [0.1, 0.15) is 11.6 Å². The smallest absolute Gasteiger partial charge is 0.314 e. The Labute approximate surface area is 143 Å². The van der Waals surface area contributed by atoms with Crippen molar-refractivity contribution in [2.75, 3.05) is 26.2 Å². The maximum absolute atomic E-state index is 13.5. The molecule has 2 nitrogen and oxygen atoms in total. The average Bonchev–Trinajstić information content (AvgIpc) is 2.83. The van der Waals surface area contributed by atoms with E-state index in [1.165, 1.54) is 16.2 Å². The standard InChI is InChI=1S/C14H15F3N2S.2ClH/c15-14(16,17)13(19-7-5-18-6-8-19)11-9-20-12-4-2-1-3-10(11)12;;/h1-4,9,13,18H,5-8H2;2*1H/t13-;;/m0../s1. The summed E-state index contributed by atoms with van der Waals surface area (Å²) in [7, 11) is 0. The zero-order valence-electron chi connectivity index (χ0n) is 11.6. The van der Waals surface area contributed by atoms with Crippen molar-refractivity contribution in [2.45, 2.75) is 12.2 Å². The van der Waals surface area contributed by atoms with Gasteiger partial charge in [0.1, 0.15) is 6.04 Å². The number of benzene rings is 1. The van der Waals surface area contributed by atoms with Crippen molar-refractivity contribution in [2.24, 2.45) is 0 Å². The van der Waals surface area contributed by atoms with Crippen molar-refractivity contribution in [3.8, 4) is 0 Å². The third kappa shape index (κ3) is 3.86. The largest absolute Gasteiger partial charge is 0.408 e. The van der Waals surface area contributed by atoms with E-state index in [4.69, 9.17) is 0 Å². The monoisotopic (exact) mass is 372 g/mol. The summed E-state index contributed by atoms with van der Waals surface area (Å²) in [6.07, 6.45) is -4.25. The third-order valence-electron chi connectivity index (χ3n) is 3.63. The number of halogens is 5. The van der Waals surface area contributed by atoms with Gasteiger partial charge in [0, 0.05) is 30.9 Å². The minimum absolute atomic E-state index is 0. The lowest BCUT2D eigenvalue weighted by Gasteiger charge is -2.35. The number of fused-ring (bicyclic) bond motifs is 1. The molecule has 0 amide bonds. The molecule has 1 aromatic heterocycles. The van der Waals surface area contributed by atoms with E-state index in [0.29, 0.717) is 31.7 Å². The van der Waals surface area contributed by atoms with Crippen LogP contribution in [0.15, 0.2) is 29.6 Å². The zero-order chi connectivity index (χ0) is 14.2. The van der Waals surface area contributed by atoms with E-state index < -0.39 is 12.2 Å². The van der Waals surface area contributed by atoms with Crippen LogP contribution in [0.5, 0.6) is 0 Å². The van der Waals surface area contributed by atoms with E-state index in [1.807, 2.05) is 12.1 Å². The highest BCUT2D eigenvalue weighted by molar-refractivity contribution is 7.17. The fraction of sp³-hybridized carbons (Fsp3) is 0.429. The molecule has 0 bridgehead atoms. The molecule has 124 valence electrons. The first-order chi connectivity index (χ1) is 9.57. The van der Waals surface area contributed by atoms with Gasteiger partial charge in [-0.05, 0) is 22.4 Å². The second-order valence-corrected chi connectivity index (χ2v) is 5.83. The molecule has 22 heavy (non-hydrogen) atoms. The molecule has 1 aliphatic heterocycles. The van der Waals surface area contributed by atoms with Crippen molar-refractivity contribution in [1.29, 1.82) is 0 Å². The molecule has 1 fully saturated rings. The highest BCUT2D eigenvalue weighted by atomic mass is 35.5. The third-order valence-corrected chi connectivity index (χ3v) is 4.61. The summed E-state index contributed by atoms with van der Waals surface area (Å²) in [5.74, 6) is 0. The summed E-state index contributed by atoms with van der Waals surface area (Å²) in [6, 6.07) is 5.80. The predicted molar refractivity (Wildman–Crippen MR) is 89.6 cm³/mol. The summed E-state index contributed by atoms with van der Waals surface area (Å²) in [6.45, 7) is 2.06. The van der Waals surface area contributed by atoms with Crippen molar-refractivity contribution in [3.63, 3.8) is 0 Å². The number of alkyl halides is 3. The van der Waals surface area contributed by atoms with Crippen LogP contribution in [-0.2, 0) is 0 Å². The molecule has 0 spiro atoms. The molecule has 1 saturated heterocycles. The summed E-state index contributed by atoms with van der Waals surface area (Å²) in [5.41, 5.74) is 0.389. The molecule has 0 unspecified atom stereocenters. The summed E-state index contributed by atoms with van der Waals surface area (Å²) >= 11 is 1.38. The van der Waals surface area contributed by atoms with Gasteiger partial charge in [0.2, 0.25) is 0 Å². The Morgan fingerprint density at radius 1 is 1.09 bits per heavy atom. The first-order valence-electron chi connectivity index (χ1n) is 6.55. The maximum Gasteiger partial charge on any atom is 0.408 e. The fourth-order valence-electron chi connectivity index (χ4n) is 2.73. The van der Waals surface area contributed by atoms with Crippen LogP contribution in [0, 0.1) is 0 Å². The number of hydrogen-bond acceptors (Lipinski definition) is 3. The molecule has 0 saturated carbocycles. The normalized spacial score (nSPS) is 17.6. The Morgan fingerprint density at radius 2 is 1.73 bits per heavy atom. The van der Waals surface area contributed by atoms with Gasteiger partial charge in [-0.1, -0.05) is 18.2 Å². The number of nitrogens with zero attached hydrogens (tertiary/aromatic N) is 1. The Balaban J connectivity index is 0.00000121. The Hall–Kier alpha value is -0.530. The van der Waals surface area contributed by atoms with Gasteiger partial charge in [-0.3, -0.25) is 4.90 Å². The molecular formula is C14H17Cl2F3N2S. The van der Waals surface area contributed by atoms with Crippen LogP contribution in [0.25, 0.3) is 10.1 Å². The van der Waals surface area contributed by atoms with Gasteiger partial charge >= 0.3 is 6.18 Å². The van der Waals surface area contributed by atoms with Crippen LogP contribution in [0.3, 0.4) is 0 Å². The maximum atomic E-state index is 13.5. The van der Waals surface area contributed by atoms with Gasteiger partial charge in [0.25, 0.3) is 0 Å². The highest BCUT2D eigenvalue weighted by Gasteiger charge is 2.45. The number of rotatable bonds is 2. The molecule has 2 heterocycles. The first kappa shape index (κ1) is 19.5. The number of hydrogen-bond donors (Lipinski definition) is 1. The molecule has 2 aromatic rings. The van der Waals surface area contributed by atoms with Gasteiger partial charge in [0.05, 0.1) is 0 Å². The van der Waals surface area contributed by atoms with Crippen LogP contribution in [0.4, 0.5) is 13.2 Å². The summed E-state index contributed by atoms with van der Waals surface area (Å²) in [5, 5.41) is 5.48. The van der Waals surface area contributed by atoms with Crippen molar-refractivity contribution in [3.05, 3.63) is 35.2 Å². The molecule has 1 N–H and O–H groups in total. The van der Waals surface area contributed by atoms with Crippen LogP contribution >= 0.6 is 36.2 Å². The number of piperazine rings is 1. The molecular weight excluding hydrogens is 356 g/mol. The summed E-state index contributed by atoms with van der Waals surface area (Å²) in [4.78, 5) is 1.53. The van der Waals surface area contributed by atoms with E-state index in [2.05, 4.69) is 5.32 Å². The van der Waals surface area contributed by atoms with Crippen molar-refractivity contribution in [1.82, 2.24) is 10.2 Å². The SMILES string of the molecule is Cl.Cl.FC(F)(F)[C@H](c1csc2ccccc12)N1CCNCC1. The fourth-order valence-corrected chi connectivity index (χ4v) is 3.71. The quantitative estimate of drug-likeness (QED) is 0.847. The van der Waals surface area contributed by atoms with Crippen LogP contribution in [-0.4, -0.2) is 37.3 Å². The topological polar surface area (TPSA) is 15.3 Å². The number of nitrogens with one attached hydrogen (secondary N) is 1. The van der Waals surface area contributed by atoms with Gasteiger partial charge in [-0.25, -0.2) is 0 Å². The van der Waals surface area contributed by atoms with Crippen LogP contribution < -0.4 is 5.32 Å². The molecule has 1 aromatic carbocycles.